The number of hydrogen-bond acceptors (Lipinski definition) is 7. The molecule has 0 aliphatic carbocycles. The van der Waals surface area contributed by atoms with Crippen LogP contribution in [0.2, 0.25) is 5.02 Å². The molecule has 0 saturated carbocycles. The van der Waals surface area contributed by atoms with Crippen molar-refractivity contribution in [3.8, 4) is 16.9 Å². The van der Waals surface area contributed by atoms with Gasteiger partial charge in [0.1, 0.15) is 17.1 Å². The molecular formula is C30H32ClFN6O. The molecule has 3 aliphatic rings. The third-order valence-corrected chi connectivity index (χ3v) is 8.90. The normalized spacial score (nSPS) is 21.7. The van der Waals surface area contributed by atoms with Crippen LogP contribution in [0.25, 0.3) is 32.8 Å². The number of nitrogens with one attached hydrogen (secondary N) is 1. The monoisotopic (exact) mass is 546 g/mol. The van der Waals surface area contributed by atoms with E-state index in [9.17, 15) is 5.11 Å². The summed E-state index contributed by atoms with van der Waals surface area (Å²) in [6.07, 6.45) is 3.49. The average molecular weight is 547 g/mol. The number of hydrogen-bond donors (Lipinski definition) is 2. The van der Waals surface area contributed by atoms with Crippen molar-refractivity contribution in [1.29, 1.82) is 0 Å². The second-order valence-corrected chi connectivity index (χ2v) is 11.8. The molecule has 3 fully saturated rings. The third kappa shape index (κ3) is 4.26. The summed E-state index contributed by atoms with van der Waals surface area (Å²) < 4.78 is 16.7. The molecule has 0 radical (unpaired) electrons. The number of phenolic OH excluding ortho intramolecular Hbond substituents is 1. The number of anilines is 2. The highest BCUT2D eigenvalue weighted by molar-refractivity contribution is 6.35. The summed E-state index contributed by atoms with van der Waals surface area (Å²) in [7, 11) is 4.14. The maximum absolute atomic E-state index is 16.7. The molecule has 4 aromatic rings. The highest BCUT2D eigenvalue weighted by atomic mass is 35.5. The molecule has 2 unspecified atom stereocenters. The summed E-state index contributed by atoms with van der Waals surface area (Å²) in [5.74, 6) is 0.867. The zero-order valence-electron chi connectivity index (χ0n) is 22.2. The quantitative estimate of drug-likeness (QED) is 0.372. The lowest BCUT2D eigenvalue weighted by molar-refractivity contribution is 0.245. The molecule has 0 spiro atoms. The second-order valence-electron chi connectivity index (χ2n) is 11.4. The Hall–Kier alpha value is -3.20. The summed E-state index contributed by atoms with van der Waals surface area (Å²) in [5, 5.41) is 16.7. The molecule has 7 nitrogen and oxygen atoms in total. The second kappa shape index (κ2) is 9.47. The van der Waals surface area contributed by atoms with Gasteiger partial charge in [-0.2, -0.15) is 4.98 Å². The number of piperazine rings is 1. The summed E-state index contributed by atoms with van der Waals surface area (Å²) in [6, 6.07) is 13.9. The van der Waals surface area contributed by atoms with Gasteiger partial charge in [-0.25, -0.2) is 9.37 Å². The Labute approximate surface area is 232 Å². The predicted octanol–water partition coefficient (Wildman–Crippen LogP) is 5.03. The van der Waals surface area contributed by atoms with Crippen molar-refractivity contribution < 1.29 is 9.50 Å². The van der Waals surface area contributed by atoms with Crippen LogP contribution < -0.4 is 15.1 Å². The Kier molecular flexibility index (Phi) is 6.02. The van der Waals surface area contributed by atoms with Crippen molar-refractivity contribution in [3.05, 3.63) is 53.3 Å². The number of nitrogens with zero attached hydrogens (tertiary/aromatic N) is 5. The number of aromatic nitrogens is 2. The average Bonchev–Trinajstić information content (AvgIpc) is 2.87. The van der Waals surface area contributed by atoms with Crippen LogP contribution in [-0.4, -0.2) is 78.4 Å². The summed E-state index contributed by atoms with van der Waals surface area (Å²) in [5.41, 5.74) is 1.06. The van der Waals surface area contributed by atoms with Gasteiger partial charge < -0.3 is 25.1 Å². The number of halogens is 2. The van der Waals surface area contributed by atoms with Crippen LogP contribution in [0.1, 0.15) is 19.3 Å². The molecule has 3 saturated heterocycles. The molecular weight excluding hydrogens is 515 g/mol. The zero-order chi connectivity index (χ0) is 26.8. The summed E-state index contributed by atoms with van der Waals surface area (Å²) >= 11 is 6.87. The van der Waals surface area contributed by atoms with Crippen LogP contribution in [0, 0.1) is 5.82 Å². The molecule has 2 atom stereocenters. The minimum Gasteiger partial charge on any atom is -0.508 e. The van der Waals surface area contributed by atoms with Crippen molar-refractivity contribution in [3.63, 3.8) is 0 Å². The first-order valence-corrected chi connectivity index (χ1v) is 14.1. The maximum Gasteiger partial charge on any atom is 0.228 e. The third-order valence-electron chi connectivity index (χ3n) is 8.60. The molecule has 202 valence electrons. The molecule has 39 heavy (non-hydrogen) atoms. The first-order valence-electron chi connectivity index (χ1n) is 13.7. The fraction of sp³-hybridized carbons (Fsp3) is 0.400. The van der Waals surface area contributed by atoms with E-state index in [0.717, 1.165) is 55.6 Å². The van der Waals surface area contributed by atoms with Crippen molar-refractivity contribution in [2.75, 3.05) is 50.1 Å². The molecule has 2 N–H and O–H groups in total. The number of rotatable bonds is 4. The summed E-state index contributed by atoms with van der Waals surface area (Å²) in [4.78, 5) is 16.5. The predicted molar refractivity (Wildman–Crippen MR) is 156 cm³/mol. The zero-order valence-corrected chi connectivity index (χ0v) is 22.9. The van der Waals surface area contributed by atoms with Crippen LogP contribution in [0.15, 0.2) is 42.5 Å². The molecule has 3 aliphatic heterocycles. The highest BCUT2D eigenvalue weighted by Crippen LogP contribution is 2.43. The van der Waals surface area contributed by atoms with Gasteiger partial charge in [0.25, 0.3) is 0 Å². The van der Waals surface area contributed by atoms with E-state index in [1.165, 1.54) is 6.42 Å². The lowest BCUT2D eigenvalue weighted by Crippen LogP contribution is -2.59. The van der Waals surface area contributed by atoms with Crippen molar-refractivity contribution in [2.45, 2.75) is 37.4 Å². The van der Waals surface area contributed by atoms with Gasteiger partial charge in [-0.05, 0) is 61.5 Å². The van der Waals surface area contributed by atoms with Gasteiger partial charge in [0.2, 0.25) is 5.95 Å². The maximum atomic E-state index is 16.7. The molecule has 1 aromatic heterocycles. The van der Waals surface area contributed by atoms with E-state index in [4.69, 9.17) is 21.6 Å². The Balaban J connectivity index is 1.42. The van der Waals surface area contributed by atoms with Gasteiger partial charge in [0, 0.05) is 55.3 Å². The fourth-order valence-electron chi connectivity index (χ4n) is 6.42. The van der Waals surface area contributed by atoms with Gasteiger partial charge >= 0.3 is 0 Å². The van der Waals surface area contributed by atoms with E-state index in [1.807, 2.05) is 30.3 Å². The minimum atomic E-state index is -0.488. The number of piperidine rings is 1. The summed E-state index contributed by atoms with van der Waals surface area (Å²) in [6.45, 7) is 3.23. The molecule has 2 bridgehead atoms. The standard InChI is InChI=1S/C30H32ClFN6O/c1-36(2)20-15-38(16-20)30-34-28-24(29(35-30)37-13-18-7-5-8-19(14-37)33-18)12-25(31)26(27(28)32)23-11-21(39)10-17-6-3-4-9-22(17)23/h3-4,6,9-12,18-20,33,39H,5,7-8,13-16H2,1-2H3. The number of aromatic hydroxyl groups is 1. The van der Waals surface area contributed by atoms with E-state index in [1.54, 1.807) is 12.1 Å². The first-order chi connectivity index (χ1) is 18.9. The molecule has 0 amide bonds. The minimum absolute atomic E-state index is 0.0611. The number of benzene rings is 3. The van der Waals surface area contributed by atoms with Crippen LogP contribution in [0.3, 0.4) is 0 Å². The van der Waals surface area contributed by atoms with Gasteiger partial charge in [-0.1, -0.05) is 42.3 Å². The van der Waals surface area contributed by atoms with Gasteiger partial charge in [0.05, 0.1) is 5.02 Å². The lowest BCUT2D eigenvalue weighted by Gasteiger charge is -2.44. The smallest absolute Gasteiger partial charge is 0.228 e. The molecule has 3 aromatic carbocycles. The van der Waals surface area contributed by atoms with E-state index >= 15 is 4.39 Å². The van der Waals surface area contributed by atoms with E-state index < -0.39 is 5.82 Å². The van der Waals surface area contributed by atoms with Gasteiger partial charge in [0.15, 0.2) is 5.82 Å². The number of phenols is 1. The highest BCUT2D eigenvalue weighted by Gasteiger charge is 2.35. The number of likely N-dealkylation sites (N-methyl/N-ethyl adjacent to an activating group) is 1. The van der Waals surface area contributed by atoms with E-state index in [2.05, 4.69) is 34.1 Å². The van der Waals surface area contributed by atoms with Crippen LogP contribution in [0.4, 0.5) is 16.2 Å². The Bertz CT molecular complexity index is 1580. The Morgan fingerprint density at radius 3 is 2.46 bits per heavy atom. The van der Waals surface area contributed by atoms with Crippen LogP contribution in [0.5, 0.6) is 5.75 Å². The molecule has 4 heterocycles. The van der Waals surface area contributed by atoms with Crippen LogP contribution in [-0.2, 0) is 0 Å². The Morgan fingerprint density at radius 1 is 0.974 bits per heavy atom. The molecule has 7 rings (SSSR count). The fourth-order valence-corrected chi connectivity index (χ4v) is 6.72. The van der Waals surface area contributed by atoms with Gasteiger partial charge in [-0.3, -0.25) is 0 Å². The van der Waals surface area contributed by atoms with Crippen molar-refractivity contribution in [2.24, 2.45) is 0 Å². The van der Waals surface area contributed by atoms with E-state index in [0.29, 0.717) is 35.0 Å². The van der Waals surface area contributed by atoms with E-state index in [-0.39, 0.29) is 21.9 Å². The first kappa shape index (κ1) is 24.8. The Morgan fingerprint density at radius 2 is 1.72 bits per heavy atom. The number of fused-ring (bicyclic) bond motifs is 4. The van der Waals surface area contributed by atoms with Gasteiger partial charge in [-0.15, -0.1) is 0 Å². The largest absolute Gasteiger partial charge is 0.508 e. The van der Waals surface area contributed by atoms with Crippen molar-refractivity contribution >= 4 is 45.0 Å². The SMILES string of the molecule is CN(C)C1CN(c2nc(N3CC4CCCC(C3)N4)c3cc(Cl)c(-c4cc(O)cc5ccccc45)c(F)c3n2)C1. The topological polar surface area (TPSA) is 67.8 Å². The molecule has 9 heteroatoms. The lowest BCUT2D eigenvalue weighted by atomic mass is 9.93. The van der Waals surface area contributed by atoms with Crippen LogP contribution >= 0.6 is 11.6 Å². The van der Waals surface area contributed by atoms with Crippen molar-refractivity contribution in [1.82, 2.24) is 20.2 Å².